The molecule has 0 radical (unpaired) electrons. The number of carbonyl (C=O) groups excluding carboxylic acids is 1. The van der Waals surface area contributed by atoms with Gasteiger partial charge in [0.05, 0.1) is 25.4 Å². The van der Waals surface area contributed by atoms with E-state index < -0.39 is 5.97 Å². The monoisotopic (exact) mass is 571 g/mol. The molecule has 0 bridgehead atoms. The van der Waals surface area contributed by atoms with Gasteiger partial charge in [-0.3, -0.25) is 14.6 Å². The molecule has 9 heteroatoms. The summed E-state index contributed by atoms with van der Waals surface area (Å²) in [6, 6.07) is 20.1. The van der Waals surface area contributed by atoms with Crippen molar-refractivity contribution in [1.29, 1.82) is 0 Å². The SMILES string of the molecule is COC1=Cc2ccc(/C=C(/C=N\N(C)c3cccc(Cl)c3)Oc3ccc(C(=O)NCCC(=O)O)cc3)cc2CC=C1. The molecule has 0 saturated heterocycles. The predicted octanol–water partition coefficient (Wildman–Crippen LogP) is 6.19. The van der Waals surface area contributed by atoms with Crippen LogP contribution in [-0.4, -0.2) is 43.9 Å². The van der Waals surface area contributed by atoms with Gasteiger partial charge in [0.25, 0.3) is 5.91 Å². The smallest absolute Gasteiger partial charge is 0.305 e. The van der Waals surface area contributed by atoms with Crippen LogP contribution in [0.3, 0.4) is 0 Å². The fourth-order valence-corrected chi connectivity index (χ4v) is 4.19. The van der Waals surface area contributed by atoms with Crippen molar-refractivity contribution in [3.8, 4) is 5.75 Å². The Morgan fingerprint density at radius 3 is 2.66 bits per heavy atom. The number of halogens is 1. The molecule has 0 heterocycles. The van der Waals surface area contributed by atoms with E-state index in [0.29, 0.717) is 22.1 Å². The van der Waals surface area contributed by atoms with Crippen LogP contribution >= 0.6 is 11.6 Å². The van der Waals surface area contributed by atoms with E-state index in [2.05, 4.69) is 22.6 Å². The minimum Gasteiger partial charge on any atom is -0.497 e. The molecule has 1 aliphatic rings. The van der Waals surface area contributed by atoms with Gasteiger partial charge in [0, 0.05) is 24.2 Å². The lowest BCUT2D eigenvalue weighted by atomic mass is 10.0. The fraction of sp³-hybridized carbons (Fsp3) is 0.156. The number of nitrogens with one attached hydrogen (secondary N) is 1. The van der Waals surface area contributed by atoms with Crippen LogP contribution in [0, 0.1) is 0 Å². The molecule has 0 fully saturated rings. The summed E-state index contributed by atoms with van der Waals surface area (Å²) in [4.78, 5) is 23.0. The van der Waals surface area contributed by atoms with E-state index in [0.717, 1.165) is 34.6 Å². The van der Waals surface area contributed by atoms with E-state index in [1.54, 1.807) is 48.7 Å². The Hall–Kier alpha value is -4.82. The van der Waals surface area contributed by atoms with Gasteiger partial charge in [-0.15, -0.1) is 0 Å². The van der Waals surface area contributed by atoms with E-state index >= 15 is 0 Å². The highest BCUT2D eigenvalue weighted by molar-refractivity contribution is 6.30. The van der Waals surface area contributed by atoms with Crippen molar-refractivity contribution < 1.29 is 24.2 Å². The number of carbonyl (C=O) groups is 2. The van der Waals surface area contributed by atoms with Gasteiger partial charge in [-0.25, -0.2) is 0 Å². The van der Waals surface area contributed by atoms with Crippen LogP contribution in [0.2, 0.25) is 5.02 Å². The van der Waals surface area contributed by atoms with Gasteiger partial charge in [-0.1, -0.05) is 41.9 Å². The van der Waals surface area contributed by atoms with Crippen LogP contribution in [0.25, 0.3) is 12.2 Å². The van der Waals surface area contributed by atoms with Gasteiger partial charge < -0.3 is 19.9 Å². The molecular formula is C32H30ClN3O5. The van der Waals surface area contributed by atoms with E-state index in [9.17, 15) is 9.59 Å². The first-order valence-corrected chi connectivity index (χ1v) is 13.3. The van der Waals surface area contributed by atoms with Crippen molar-refractivity contribution in [1.82, 2.24) is 5.32 Å². The Balaban J connectivity index is 1.58. The van der Waals surface area contributed by atoms with Crippen molar-refractivity contribution in [2.45, 2.75) is 12.8 Å². The molecule has 4 rings (SSSR count). The number of methoxy groups -OCH3 is 1. The lowest BCUT2D eigenvalue weighted by Crippen LogP contribution is -2.25. The number of carboxylic acid groups (broad SMARTS) is 1. The van der Waals surface area contributed by atoms with Crippen molar-refractivity contribution in [2.75, 3.05) is 25.7 Å². The van der Waals surface area contributed by atoms with Crippen molar-refractivity contribution in [3.63, 3.8) is 0 Å². The Labute approximate surface area is 243 Å². The third-order valence-corrected chi connectivity index (χ3v) is 6.38. The highest BCUT2D eigenvalue weighted by atomic mass is 35.5. The molecule has 0 spiro atoms. The zero-order valence-corrected chi connectivity index (χ0v) is 23.5. The van der Waals surface area contributed by atoms with Crippen LogP contribution in [0.15, 0.2) is 95.5 Å². The number of allylic oxidation sites excluding steroid dienone is 3. The zero-order chi connectivity index (χ0) is 29.2. The third kappa shape index (κ3) is 8.58. The number of aliphatic carboxylic acids is 1. The first-order chi connectivity index (χ1) is 19.8. The summed E-state index contributed by atoms with van der Waals surface area (Å²) in [6.45, 7) is 0.0506. The van der Waals surface area contributed by atoms with Crippen molar-refractivity contribution in [3.05, 3.63) is 118 Å². The second kappa shape index (κ2) is 14.0. The second-order valence-electron chi connectivity index (χ2n) is 9.14. The van der Waals surface area contributed by atoms with Crippen LogP contribution in [-0.2, 0) is 16.0 Å². The summed E-state index contributed by atoms with van der Waals surface area (Å²) < 4.78 is 11.6. The minimum atomic E-state index is -0.974. The number of fused-ring (bicyclic) bond motifs is 1. The Morgan fingerprint density at radius 1 is 1.12 bits per heavy atom. The molecule has 0 saturated carbocycles. The average Bonchev–Trinajstić information content (AvgIpc) is 3.17. The van der Waals surface area contributed by atoms with Crippen LogP contribution in [0.4, 0.5) is 5.69 Å². The van der Waals surface area contributed by atoms with Gasteiger partial charge in [0.1, 0.15) is 17.3 Å². The molecule has 1 amide bonds. The number of benzene rings is 3. The predicted molar refractivity (Wildman–Crippen MR) is 162 cm³/mol. The molecule has 3 aromatic carbocycles. The Bertz CT molecular complexity index is 1530. The number of hydrogen-bond acceptors (Lipinski definition) is 6. The number of nitrogens with zero attached hydrogens (tertiary/aromatic N) is 2. The van der Waals surface area contributed by atoms with Crippen LogP contribution in [0.5, 0.6) is 5.75 Å². The number of amides is 1. The number of anilines is 1. The van der Waals surface area contributed by atoms with Gasteiger partial charge in [-0.05, 0) is 83.8 Å². The maximum Gasteiger partial charge on any atom is 0.305 e. The first kappa shape index (κ1) is 29.2. The molecule has 8 nitrogen and oxygen atoms in total. The molecular weight excluding hydrogens is 542 g/mol. The number of hydrogen-bond donors (Lipinski definition) is 2. The largest absolute Gasteiger partial charge is 0.497 e. The second-order valence-corrected chi connectivity index (χ2v) is 9.57. The van der Waals surface area contributed by atoms with Gasteiger partial charge in [0.15, 0.2) is 0 Å². The van der Waals surface area contributed by atoms with Gasteiger partial charge in [-0.2, -0.15) is 5.10 Å². The van der Waals surface area contributed by atoms with Crippen LogP contribution < -0.4 is 15.1 Å². The molecule has 0 atom stereocenters. The molecule has 0 unspecified atom stereocenters. The molecule has 2 N–H and O–H groups in total. The summed E-state index contributed by atoms with van der Waals surface area (Å²) in [5.74, 6) is 0.433. The zero-order valence-electron chi connectivity index (χ0n) is 22.7. The summed E-state index contributed by atoms with van der Waals surface area (Å²) in [5, 5.41) is 18.2. The van der Waals surface area contributed by atoms with Crippen molar-refractivity contribution in [2.24, 2.45) is 5.10 Å². The number of hydrazone groups is 1. The highest BCUT2D eigenvalue weighted by Gasteiger charge is 2.10. The standard InChI is InChI=1S/C32H30ClN3O5/c1-36(27-7-4-6-26(33)20-27)35-21-30(18-22-9-10-25-19-29(40-2)8-3-5-24(25)17-22)41-28-13-11-23(12-14-28)32(39)34-16-15-31(37)38/h3-4,6-14,17-21H,5,15-16H2,1-2H3,(H,34,39)(H,37,38)/b30-18-,35-21-. The molecule has 210 valence electrons. The highest BCUT2D eigenvalue weighted by Crippen LogP contribution is 2.23. The normalized spacial score (nSPS) is 12.8. The number of ether oxygens (including phenoxy) is 2. The Kier molecular flexibility index (Phi) is 9.96. The molecule has 41 heavy (non-hydrogen) atoms. The maximum absolute atomic E-state index is 12.3. The minimum absolute atomic E-state index is 0.0506. The van der Waals surface area contributed by atoms with Gasteiger partial charge in [0.2, 0.25) is 0 Å². The molecule has 0 aliphatic heterocycles. The van der Waals surface area contributed by atoms with Crippen LogP contribution in [0.1, 0.15) is 33.5 Å². The quantitative estimate of drug-likeness (QED) is 0.162. The fourth-order valence-electron chi connectivity index (χ4n) is 4.00. The summed E-state index contributed by atoms with van der Waals surface area (Å²) in [5.41, 5.74) is 4.35. The number of rotatable bonds is 11. The summed E-state index contributed by atoms with van der Waals surface area (Å²) in [6.07, 6.45) is 10.1. The first-order valence-electron chi connectivity index (χ1n) is 12.9. The average molecular weight is 572 g/mol. The van der Waals surface area contributed by atoms with Crippen molar-refractivity contribution >= 4 is 47.5 Å². The van der Waals surface area contributed by atoms with Gasteiger partial charge >= 0.3 is 5.97 Å². The molecule has 0 aromatic heterocycles. The van der Waals surface area contributed by atoms with E-state index in [1.165, 1.54) is 0 Å². The summed E-state index contributed by atoms with van der Waals surface area (Å²) in [7, 11) is 3.46. The topological polar surface area (TPSA) is 100 Å². The molecule has 3 aromatic rings. The Morgan fingerprint density at radius 2 is 1.93 bits per heavy atom. The molecule has 1 aliphatic carbocycles. The third-order valence-electron chi connectivity index (χ3n) is 6.15. The van der Waals surface area contributed by atoms with E-state index in [-0.39, 0.29) is 18.9 Å². The summed E-state index contributed by atoms with van der Waals surface area (Å²) >= 11 is 6.15. The lowest BCUT2D eigenvalue weighted by molar-refractivity contribution is -0.136. The van der Waals surface area contributed by atoms with E-state index in [4.69, 9.17) is 26.2 Å². The lowest BCUT2D eigenvalue weighted by Gasteiger charge is -2.14. The maximum atomic E-state index is 12.3. The van der Waals surface area contributed by atoms with E-state index in [1.807, 2.05) is 55.6 Å². The number of carboxylic acids is 1.